The Bertz CT molecular complexity index is 376. The van der Waals surface area contributed by atoms with Crippen molar-refractivity contribution >= 4 is 14.3 Å². The summed E-state index contributed by atoms with van der Waals surface area (Å²) in [5.74, 6) is -0.286. The number of ether oxygens (including phenoxy) is 1. The second kappa shape index (κ2) is 9.21. The highest BCUT2D eigenvalue weighted by atomic mass is 28.4. The SMILES string of the molecule is CCOC(=O)/C=C/C(C)=C/CCCO[Si](C)(C)C(C)(C)C. The third kappa shape index (κ3) is 8.89. The lowest BCUT2D eigenvalue weighted by atomic mass is 10.2. The number of carbonyl (C=O) groups is 1. The van der Waals surface area contributed by atoms with Crippen molar-refractivity contribution in [1.82, 2.24) is 0 Å². The number of allylic oxidation sites excluding steroid dienone is 3. The van der Waals surface area contributed by atoms with Gasteiger partial charge in [-0.3, -0.25) is 0 Å². The minimum absolute atomic E-state index is 0.265. The van der Waals surface area contributed by atoms with Crippen molar-refractivity contribution in [1.29, 1.82) is 0 Å². The van der Waals surface area contributed by atoms with Gasteiger partial charge in [0, 0.05) is 12.7 Å². The molecule has 0 aliphatic carbocycles. The van der Waals surface area contributed by atoms with Crippen molar-refractivity contribution in [2.24, 2.45) is 0 Å². The minimum Gasteiger partial charge on any atom is -0.463 e. The largest absolute Gasteiger partial charge is 0.463 e. The first-order valence-corrected chi connectivity index (χ1v) is 10.7. The van der Waals surface area contributed by atoms with E-state index in [0.29, 0.717) is 6.61 Å². The molecule has 0 N–H and O–H groups in total. The highest BCUT2D eigenvalue weighted by Gasteiger charge is 2.36. The first-order chi connectivity index (χ1) is 9.60. The van der Waals surface area contributed by atoms with Crippen LogP contribution in [-0.2, 0) is 14.0 Å². The maximum Gasteiger partial charge on any atom is 0.330 e. The lowest BCUT2D eigenvalue weighted by Crippen LogP contribution is -2.40. The monoisotopic (exact) mass is 312 g/mol. The molecule has 0 saturated heterocycles. The maximum absolute atomic E-state index is 11.2. The second-order valence-corrected chi connectivity index (χ2v) is 11.6. The van der Waals surface area contributed by atoms with Gasteiger partial charge in [-0.25, -0.2) is 4.79 Å². The van der Waals surface area contributed by atoms with Crippen LogP contribution in [0, 0.1) is 0 Å². The predicted molar refractivity (Wildman–Crippen MR) is 91.9 cm³/mol. The molecule has 0 aliphatic heterocycles. The number of hydrogen-bond acceptors (Lipinski definition) is 3. The highest BCUT2D eigenvalue weighted by Crippen LogP contribution is 2.36. The highest BCUT2D eigenvalue weighted by molar-refractivity contribution is 6.74. The van der Waals surface area contributed by atoms with Gasteiger partial charge in [0.2, 0.25) is 0 Å². The van der Waals surface area contributed by atoms with Crippen LogP contribution in [0.2, 0.25) is 18.1 Å². The van der Waals surface area contributed by atoms with Crippen molar-refractivity contribution in [2.75, 3.05) is 13.2 Å². The van der Waals surface area contributed by atoms with Gasteiger partial charge in [0.25, 0.3) is 0 Å². The molecule has 0 unspecified atom stereocenters. The Hall–Kier alpha value is -0.873. The van der Waals surface area contributed by atoms with Gasteiger partial charge in [0.1, 0.15) is 0 Å². The summed E-state index contributed by atoms with van der Waals surface area (Å²) < 4.78 is 11.0. The zero-order valence-corrected chi connectivity index (χ0v) is 15.8. The summed E-state index contributed by atoms with van der Waals surface area (Å²) in [6.07, 6.45) is 7.38. The van der Waals surface area contributed by atoms with Gasteiger partial charge in [-0.1, -0.05) is 38.5 Å². The number of unbranched alkanes of at least 4 members (excludes halogenated alkanes) is 1. The Balaban J connectivity index is 4.04. The molecule has 0 radical (unpaired) electrons. The number of hydrogen-bond donors (Lipinski definition) is 0. The quantitative estimate of drug-likeness (QED) is 0.211. The Morgan fingerprint density at radius 2 is 1.81 bits per heavy atom. The number of esters is 1. The minimum atomic E-state index is -1.62. The van der Waals surface area contributed by atoms with E-state index < -0.39 is 8.32 Å². The molecule has 0 heterocycles. The Morgan fingerprint density at radius 1 is 1.19 bits per heavy atom. The second-order valence-electron chi connectivity index (χ2n) is 6.78. The zero-order chi connectivity index (χ0) is 16.5. The Kier molecular flexibility index (Phi) is 8.82. The summed E-state index contributed by atoms with van der Waals surface area (Å²) in [5.41, 5.74) is 1.08. The molecule has 0 rings (SSSR count). The van der Waals surface area contributed by atoms with E-state index in [4.69, 9.17) is 9.16 Å². The Morgan fingerprint density at radius 3 is 2.33 bits per heavy atom. The fourth-order valence-electron chi connectivity index (χ4n) is 1.41. The van der Waals surface area contributed by atoms with Gasteiger partial charge in [-0.05, 0) is 44.8 Å². The van der Waals surface area contributed by atoms with Crippen LogP contribution in [0.4, 0.5) is 0 Å². The average molecular weight is 313 g/mol. The van der Waals surface area contributed by atoms with Gasteiger partial charge in [-0.15, -0.1) is 0 Å². The molecule has 0 saturated carbocycles. The molecule has 4 heteroatoms. The van der Waals surface area contributed by atoms with Crippen molar-refractivity contribution in [3.63, 3.8) is 0 Å². The van der Waals surface area contributed by atoms with Crippen LogP contribution in [0.1, 0.15) is 47.5 Å². The van der Waals surface area contributed by atoms with Crippen LogP contribution < -0.4 is 0 Å². The van der Waals surface area contributed by atoms with Crippen LogP contribution >= 0.6 is 0 Å². The van der Waals surface area contributed by atoms with Gasteiger partial charge >= 0.3 is 5.97 Å². The third-order valence-corrected chi connectivity index (χ3v) is 8.39. The van der Waals surface area contributed by atoms with Crippen LogP contribution in [0.5, 0.6) is 0 Å². The molecule has 21 heavy (non-hydrogen) atoms. The molecule has 0 amide bonds. The molecule has 0 aliphatic rings. The molecule has 0 fully saturated rings. The Labute approximate surface area is 131 Å². The average Bonchev–Trinajstić information content (AvgIpc) is 2.35. The molecule has 122 valence electrons. The van der Waals surface area contributed by atoms with E-state index in [2.05, 4.69) is 39.9 Å². The topological polar surface area (TPSA) is 35.5 Å². The fourth-order valence-corrected chi connectivity index (χ4v) is 2.50. The fraction of sp³-hybridized carbons (Fsp3) is 0.706. The van der Waals surface area contributed by atoms with E-state index in [-0.39, 0.29) is 11.0 Å². The standard InChI is InChI=1S/C17H32O3Si/c1-8-19-16(18)13-12-15(2)11-9-10-14-20-21(6,7)17(3,4)5/h11-13H,8-10,14H2,1-7H3/b13-12+,15-11+. The lowest BCUT2D eigenvalue weighted by molar-refractivity contribution is -0.137. The molecular weight excluding hydrogens is 280 g/mol. The van der Waals surface area contributed by atoms with E-state index in [1.165, 1.54) is 6.08 Å². The van der Waals surface area contributed by atoms with Crippen LogP contribution in [-0.4, -0.2) is 27.5 Å². The first-order valence-electron chi connectivity index (χ1n) is 7.75. The summed E-state index contributed by atoms with van der Waals surface area (Å²) in [6.45, 7) is 16.3. The molecular formula is C17H32O3Si. The van der Waals surface area contributed by atoms with Gasteiger partial charge in [0.15, 0.2) is 8.32 Å². The van der Waals surface area contributed by atoms with Gasteiger partial charge in [-0.2, -0.15) is 0 Å². The third-order valence-electron chi connectivity index (χ3n) is 3.85. The van der Waals surface area contributed by atoms with Crippen LogP contribution in [0.25, 0.3) is 0 Å². The van der Waals surface area contributed by atoms with Crippen molar-refractivity contribution in [3.8, 4) is 0 Å². The van der Waals surface area contributed by atoms with Crippen molar-refractivity contribution in [3.05, 3.63) is 23.8 Å². The van der Waals surface area contributed by atoms with E-state index in [1.807, 2.05) is 6.92 Å². The normalized spacial score (nSPS) is 13.8. The maximum atomic E-state index is 11.2. The smallest absolute Gasteiger partial charge is 0.330 e. The molecule has 0 aromatic rings. The van der Waals surface area contributed by atoms with E-state index in [1.54, 1.807) is 13.0 Å². The summed E-state index contributed by atoms with van der Waals surface area (Å²) in [6, 6.07) is 0. The van der Waals surface area contributed by atoms with Crippen molar-refractivity contribution in [2.45, 2.75) is 65.6 Å². The van der Waals surface area contributed by atoms with E-state index in [9.17, 15) is 4.79 Å². The summed E-state index contributed by atoms with van der Waals surface area (Å²) in [4.78, 5) is 11.2. The van der Waals surface area contributed by atoms with E-state index >= 15 is 0 Å². The molecule has 0 bridgehead atoms. The molecule has 0 atom stereocenters. The lowest BCUT2D eigenvalue weighted by Gasteiger charge is -2.36. The summed E-state index contributed by atoms with van der Waals surface area (Å²) >= 11 is 0. The molecule has 0 aromatic carbocycles. The van der Waals surface area contributed by atoms with Crippen molar-refractivity contribution < 1.29 is 14.0 Å². The molecule has 0 aromatic heterocycles. The summed E-state index contributed by atoms with van der Waals surface area (Å²) in [5, 5.41) is 0.265. The first kappa shape index (κ1) is 20.1. The number of carbonyl (C=O) groups excluding carboxylic acids is 1. The number of rotatable bonds is 8. The van der Waals surface area contributed by atoms with Crippen LogP contribution in [0.3, 0.4) is 0 Å². The van der Waals surface area contributed by atoms with Crippen LogP contribution in [0.15, 0.2) is 23.8 Å². The van der Waals surface area contributed by atoms with Gasteiger partial charge in [0.05, 0.1) is 6.61 Å². The van der Waals surface area contributed by atoms with Gasteiger partial charge < -0.3 is 9.16 Å². The zero-order valence-electron chi connectivity index (χ0n) is 14.8. The molecule has 0 spiro atoms. The predicted octanol–water partition coefficient (Wildman–Crippen LogP) is 4.85. The van der Waals surface area contributed by atoms with E-state index in [0.717, 1.165) is 25.0 Å². The summed E-state index contributed by atoms with van der Waals surface area (Å²) in [7, 11) is -1.62. The molecule has 3 nitrogen and oxygen atoms in total.